The average molecular weight is 515 g/mol. The fraction of sp³-hybridized carbons (Fsp3) is 0.333. The lowest BCUT2D eigenvalue weighted by molar-refractivity contribution is 0.191. The second kappa shape index (κ2) is 12.2. The van der Waals surface area contributed by atoms with Gasteiger partial charge in [-0.15, -0.1) is 6.58 Å². The molecule has 1 aliphatic carbocycles. The zero-order chi connectivity index (χ0) is 26.4. The van der Waals surface area contributed by atoms with Gasteiger partial charge in [0.2, 0.25) is 11.6 Å². The molecule has 0 heterocycles. The predicted octanol–water partition coefficient (Wildman–Crippen LogP) is 8.31. The van der Waals surface area contributed by atoms with Gasteiger partial charge in [0.1, 0.15) is 5.75 Å². The number of aromatic hydroxyl groups is 1. The lowest BCUT2D eigenvalue weighted by atomic mass is 9.79. The first kappa shape index (κ1) is 26.6. The summed E-state index contributed by atoms with van der Waals surface area (Å²) in [6.45, 7) is 4.11. The third kappa shape index (κ3) is 6.27. The summed E-state index contributed by atoms with van der Waals surface area (Å²) < 4.78 is 69.6. The third-order valence-electron chi connectivity index (χ3n) is 6.87. The molecule has 1 fully saturated rings. The molecule has 0 saturated heterocycles. The van der Waals surface area contributed by atoms with Gasteiger partial charge in [0.05, 0.1) is 13.2 Å². The molecule has 0 radical (unpaired) electrons. The quantitative estimate of drug-likeness (QED) is 0.168. The summed E-state index contributed by atoms with van der Waals surface area (Å²) in [6.07, 6.45) is 5.83. The molecule has 0 aromatic heterocycles. The Morgan fingerprint density at radius 1 is 0.784 bits per heavy atom. The Balaban J connectivity index is 1.32. The molecular formula is C30H30F4O3. The van der Waals surface area contributed by atoms with E-state index in [1.807, 2.05) is 0 Å². The molecule has 0 amide bonds. The van der Waals surface area contributed by atoms with Crippen LogP contribution >= 0.6 is 0 Å². The minimum absolute atomic E-state index is 0.0353. The van der Waals surface area contributed by atoms with Crippen LogP contribution in [-0.2, 0) is 0 Å². The molecule has 4 rings (SSSR count). The second-order valence-electron chi connectivity index (χ2n) is 9.38. The molecule has 3 aromatic rings. The van der Waals surface area contributed by atoms with Crippen LogP contribution in [-0.4, -0.2) is 18.3 Å². The van der Waals surface area contributed by atoms with Crippen LogP contribution in [0.3, 0.4) is 0 Å². The van der Waals surface area contributed by atoms with Crippen LogP contribution < -0.4 is 9.47 Å². The standard InChI is InChI=1S/C30H30F4O3/c1-2-3-4-17-36-25-15-13-23(27(31)29(25)33)20-7-5-19(6-8-20)18-37-26-16-14-24(28(32)30(26)34)21-9-11-22(35)12-10-21/h2,9-16,19-20,35H,1,3-8,17-18H2. The highest BCUT2D eigenvalue weighted by molar-refractivity contribution is 5.66. The van der Waals surface area contributed by atoms with E-state index in [2.05, 4.69) is 6.58 Å². The molecule has 0 bridgehead atoms. The first-order valence-electron chi connectivity index (χ1n) is 12.5. The number of hydrogen-bond donors (Lipinski definition) is 1. The molecule has 1 saturated carbocycles. The van der Waals surface area contributed by atoms with Crippen LogP contribution in [0, 0.1) is 29.2 Å². The van der Waals surface area contributed by atoms with Gasteiger partial charge in [0, 0.05) is 5.56 Å². The van der Waals surface area contributed by atoms with Crippen molar-refractivity contribution in [2.45, 2.75) is 44.4 Å². The summed E-state index contributed by atoms with van der Waals surface area (Å²) in [5.41, 5.74) is 0.857. The van der Waals surface area contributed by atoms with E-state index in [-0.39, 0.29) is 47.9 Å². The van der Waals surface area contributed by atoms with Crippen LogP contribution in [0.15, 0.2) is 61.2 Å². The SMILES string of the molecule is C=CCCCOc1ccc(C2CCC(COc3ccc(-c4ccc(O)cc4)c(F)c3F)CC2)c(F)c1F. The van der Waals surface area contributed by atoms with Gasteiger partial charge in [-0.05, 0) is 91.8 Å². The summed E-state index contributed by atoms with van der Waals surface area (Å²) >= 11 is 0. The Labute approximate surface area is 214 Å². The number of unbranched alkanes of at least 4 members (excludes halogenated alkanes) is 1. The molecule has 0 unspecified atom stereocenters. The van der Waals surface area contributed by atoms with Gasteiger partial charge < -0.3 is 14.6 Å². The fourth-order valence-corrected chi connectivity index (χ4v) is 4.74. The van der Waals surface area contributed by atoms with Gasteiger partial charge >= 0.3 is 0 Å². The number of ether oxygens (including phenoxy) is 2. The minimum atomic E-state index is -1.07. The number of phenols is 1. The van der Waals surface area contributed by atoms with Gasteiger partial charge in [-0.3, -0.25) is 0 Å². The first-order chi connectivity index (χ1) is 17.9. The Hall–Kier alpha value is -3.48. The lowest BCUT2D eigenvalue weighted by Gasteiger charge is -2.29. The van der Waals surface area contributed by atoms with E-state index in [0.29, 0.717) is 43.2 Å². The van der Waals surface area contributed by atoms with Crippen molar-refractivity contribution in [2.75, 3.05) is 13.2 Å². The van der Waals surface area contributed by atoms with Crippen molar-refractivity contribution < 1.29 is 32.1 Å². The second-order valence-corrected chi connectivity index (χ2v) is 9.38. The van der Waals surface area contributed by atoms with Gasteiger partial charge in [-0.2, -0.15) is 8.78 Å². The maximum Gasteiger partial charge on any atom is 0.201 e. The summed E-state index contributed by atoms with van der Waals surface area (Å²) in [6, 6.07) is 11.7. The Morgan fingerprint density at radius 3 is 2.14 bits per heavy atom. The summed E-state index contributed by atoms with van der Waals surface area (Å²) in [7, 11) is 0. The van der Waals surface area contributed by atoms with Crippen LogP contribution in [0.2, 0.25) is 0 Å². The number of rotatable bonds is 10. The van der Waals surface area contributed by atoms with Crippen LogP contribution in [0.4, 0.5) is 17.6 Å². The van der Waals surface area contributed by atoms with E-state index in [0.717, 1.165) is 6.42 Å². The largest absolute Gasteiger partial charge is 0.508 e. The molecular weight excluding hydrogens is 484 g/mol. The van der Waals surface area contributed by atoms with Crippen molar-refractivity contribution in [3.8, 4) is 28.4 Å². The molecule has 3 nitrogen and oxygen atoms in total. The average Bonchev–Trinajstić information content (AvgIpc) is 2.91. The number of halogens is 4. The summed E-state index contributed by atoms with van der Waals surface area (Å²) in [5.74, 6) is -4.16. The van der Waals surface area contributed by atoms with Crippen molar-refractivity contribution >= 4 is 0 Å². The molecule has 37 heavy (non-hydrogen) atoms. The number of hydrogen-bond acceptors (Lipinski definition) is 3. The Bertz CT molecular complexity index is 1220. The molecule has 1 N–H and O–H groups in total. The lowest BCUT2D eigenvalue weighted by Crippen LogP contribution is -2.20. The van der Waals surface area contributed by atoms with Crippen LogP contribution in [0.25, 0.3) is 11.1 Å². The number of allylic oxidation sites excluding steroid dienone is 1. The molecule has 7 heteroatoms. The first-order valence-corrected chi connectivity index (χ1v) is 12.5. The van der Waals surface area contributed by atoms with Gasteiger partial charge in [-0.25, -0.2) is 8.78 Å². The van der Waals surface area contributed by atoms with Gasteiger partial charge in [0.15, 0.2) is 23.1 Å². The van der Waals surface area contributed by atoms with Crippen molar-refractivity contribution in [1.29, 1.82) is 0 Å². The maximum absolute atomic E-state index is 14.8. The monoisotopic (exact) mass is 514 g/mol. The van der Waals surface area contributed by atoms with Crippen molar-refractivity contribution in [3.63, 3.8) is 0 Å². The summed E-state index contributed by atoms with van der Waals surface area (Å²) in [4.78, 5) is 0. The van der Waals surface area contributed by atoms with Crippen molar-refractivity contribution in [1.82, 2.24) is 0 Å². The molecule has 0 atom stereocenters. The topological polar surface area (TPSA) is 38.7 Å². The van der Waals surface area contributed by atoms with E-state index < -0.39 is 23.3 Å². The van der Waals surface area contributed by atoms with Crippen LogP contribution in [0.1, 0.15) is 50.0 Å². The fourth-order valence-electron chi connectivity index (χ4n) is 4.74. The molecule has 3 aromatic carbocycles. The van der Waals surface area contributed by atoms with Gasteiger partial charge in [0.25, 0.3) is 0 Å². The maximum atomic E-state index is 14.8. The van der Waals surface area contributed by atoms with Crippen LogP contribution in [0.5, 0.6) is 17.2 Å². The summed E-state index contributed by atoms with van der Waals surface area (Å²) in [5, 5.41) is 9.40. The van der Waals surface area contributed by atoms with E-state index in [4.69, 9.17) is 9.47 Å². The molecule has 196 valence electrons. The van der Waals surface area contributed by atoms with E-state index in [9.17, 15) is 22.7 Å². The van der Waals surface area contributed by atoms with E-state index in [1.54, 1.807) is 12.1 Å². The third-order valence-corrected chi connectivity index (χ3v) is 6.87. The minimum Gasteiger partial charge on any atom is -0.508 e. The highest BCUT2D eigenvalue weighted by atomic mass is 19.2. The highest BCUT2D eigenvalue weighted by Crippen LogP contribution is 2.39. The normalized spacial score (nSPS) is 17.4. The van der Waals surface area contributed by atoms with Gasteiger partial charge in [-0.1, -0.05) is 24.3 Å². The number of benzene rings is 3. The predicted molar refractivity (Wildman–Crippen MR) is 135 cm³/mol. The van der Waals surface area contributed by atoms with Crippen molar-refractivity contribution in [2.24, 2.45) is 5.92 Å². The Morgan fingerprint density at radius 2 is 1.43 bits per heavy atom. The zero-order valence-electron chi connectivity index (χ0n) is 20.5. The van der Waals surface area contributed by atoms with E-state index in [1.165, 1.54) is 42.5 Å². The van der Waals surface area contributed by atoms with Crippen molar-refractivity contribution in [3.05, 3.63) is 90.0 Å². The number of phenolic OH excluding ortho intramolecular Hbond substituents is 1. The highest BCUT2D eigenvalue weighted by Gasteiger charge is 2.27. The smallest absolute Gasteiger partial charge is 0.201 e. The zero-order valence-corrected chi connectivity index (χ0v) is 20.5. The Kier molecular flexibility index (Phi) is 8.74. The molecule has 0 spiro atoms. The molecule has 0 aliphatic heterocycles. The molecule has 1 aliphatic rings. The van der Waals surface area contributed by atoms with E-state index >= 15 is 0 Å².